The second kappa shape index (κ2) is 7.78. The zero-order valence-corrected chi connectivity index (χ0v) is 15.6. The first-order chi connectivity index (χ1) is 13.7. The molecule has 152 valence electrons. The van der Waals surface area contributed by atoms with E-state index >= 15 is 0 Å². The molecule has 1 aliphatic heterocycles. The van der Waals surface area contributed by atoms with Gasteiger partial charge in [-0.05, 0) is 24.6 Å². The van der Waals surface area contributed by atoms with E-state index in [9.17, 15) is 18.4 Å². The lowest BCUT2D eigenvalue weighted by Crippen LogP contribution is -2.87. The third-order valence-corrected chi connectivity index (χ3v) is 4.59. The van der Waals surface area contributed by atoms with Gasteiger partial charge in [0, 0.05) is 18.0 Å². The number of hydrogen-bond donors (Lipinski definition) is 3. The minimum atomic E-state index is -2.97. The molecule has 1 atom stereocenters. The van der Waals surface area contributed by atoms with Gasteiger partial charge in [-0.15, -0.1) is 0 Å². The third-order valence-electron chi connectivity index (χ3n) is 4.59. The van der Waals surface area contributed by atoms with Gasteiger partial charge in [-0.25, -0.2) is 14.9 Å². The molecule has 3 rings (SSSR count). The molecule has 0 radical (unpaired) electrons. The summed E-state index contributed by atoms with van der Waals surface area (Å²) in [7, 11) is 1.49. The molecule has 0 aliphatic carbocycles. The Morgan fingerprint density at radius 3 is 2.62 bits per heavy atom. The standard InChI is InChI=1S/C18H18F2N6O3/c1-10-5-12(3-4-13(10)29-16(19)20)18(15(28)26(2)17(21)25-18)8-24-14(27)11-6-22-9-23-7-11/h3-7,9,16H,8H2,1-2H3,(H2,21,25)(H,24,27)/p+1. The van der Waals surface area contributed by atoms with Crippen LogP contribution in [0.4, 0.5) is 8.78 Å². The summed E-state index contributed by atoms with van der Waals surface area (Å²) in [4.78, 5) is 37.1. The van der Waals surface area contributed by atoms with Gasteiger partial charge in [0.2, 0.25) is 5.54 Å². The molecule has 0 fully saturated rings. The number of amides is 2. The molecule has 4 N–H and O–H groups in total. The van der Waals surface area contributed by atoms with E-state index in [2.05, 4.69) is 25.0 Å². The first kappa shape index (κ1) is 20.1. The number of carbonyl (C=O) groups excluding carboxylic acids is 2. The Labute approximate surface area is 164 Å². The van der Waals surface area contributed by atoms with Gasteiger partial charge in [0.25, 0.3) is 5.91 Å². The van der Waals surface area contributed by atoms with Crippen LogP contribution in [0.1, 0.15) is 21.5 Å². The number of aryl methyl sites for hydroxylation is 1. The molecular formula is C18H19F2N6O3+. The second-order valence-corrected chi connectivity index (χ2v) is 6.45. The largest absolute Gasteiger partial charge is 0.435 e. The highest BCUT2D eigenvalue weighted by Crippen LogP contribution is 2.27. The van der Waals surface area contributed by atoms with Gasteiger partial charge < -0.3 is 10.1 Å². The van der Waals surface area contributed by atoms with Crippen molar-refractivity contribution in [3.05, 3.63) is 53.6 Å². The van der Waals surface area contributed by atoms with Crippen LogP contribution in [0, 0.1) is 6.92 Å². The summed E-state index contributed by atoms with van der Waals surface area (Å²) in [5, 5.41) is 2.67. The lowest BCUT2D eigenvalue weighted by atomic mass is 9.88. The molecule has 9 nitrogen and oxygen atoms in total. The zero-order valence-electron chi connectivity index (χ0n) is 15.6. The fraction of sp³-hybridized carbons (Fsp3) is 0.278. The lowest BCUT2D eigenvalue weighted by molar-refractivity contribution is -0.536. The van der Waals surface area contributed by atoms with Crippen LogP contribution in [0.3, 0.4) is 0 Å². The molecule has 1 aliphatic rings. The van der Waals surface area contributed by atoms with Gasteiger partial charge in [0.05, 0.1) is 19.2 Å². The average Bonchev–Trinajstić information content (AvgIpc) is 2.92. The SMILES string of the molecule is Cc1cc(C2(CNC(=O)c3cncnc3)[NH+]=C(N)N(C)C2=O)ccc1OC(F)F. The van der Waals surface area contributed by atoms with E-state index in [1.807, 2.05) is 0 Å². The second-order valence-electron chi connectivity index (χ2n) is 6.45. The average molecular weight is 405 g/mol. The summed E-state index contributed by atoms with van der Waals surface area (Å²) in [6, 6.07) is 4.35. The van der Waals surface area contributed by atoms with Crippen LogP contribution in [0.15, 0.2) is 36.9 Å². The molecule has 2 heterocycles. The van der Waals surface area contributed by atoms with Crippen molar-refractivity contribution in [1.82, 2.24) is 20.2 Å². The van der Waals surface area contributed by atoms with Gasteiger partial charge in [-0.3, -0.25) is 20.3 Å². The maximum Gasteiger partial charge on any atom is 0.387 e. The van der Waals surface area contributed by atoms with Crippen molar-refractivity contribution >= 4 is 17.8 Å². The fourth-order valence-electron chi connectivity index (χ4n) is 3.04. The van der Waals surface area contributed by atoms with Crippen LogP contribution in [0.25, 0.3) is 0 Å². The summed E-state index contributed by atoms with van der Waals surface area (Å²) in [6.07, 6.45) is 3.97. The van der Waals surface area contributed by atoms with E-state index in [1.54, 1.807) is 6.92 Å². The topological polar surface area (TPSA) is 124 Å². The van der Waals surface area contributed by atoms with Crippen LogP contribution in [0.2, 0.25) is 0 Å². The Morgan fingerprint density at radius 1 is 1.38 bits per heavy atom. The molecule has 1 aromatic carbocycles. The van der Waals surface area contributed by atoms with Crippen molar-refractivity contribution < 1.29 is 28.1 Å². The summed E-state index contributed by atoms with van der Waals surface area (Å²) in [5.74, 6) is -0.818. The highest BCUT2D eigenvalue weighted by atomic mass is 19.3. The number of hydrogen-bond acceptors (Lipinski definition) is 6. The maximum absolute atomic E-state index is 13.0. The molecule has 2 aromatic rings. The van der Waals surface area contributed by atoms with Crippen molar-refractivity contribution in [2.75, 3.05) is 13.6 Å². The van der Waals surface area contributed by atoms with E-state index in [1.165, 1.54) is 48.9 Å². The van der Waals surface area contributed by atoms with Gasteiger partial charge in [0.15, 0.2) is 0 Å². The molecule has 29 heavy (non-hydrogen) atoms. The molecule has 0 spiro atoms. The highest BCUT2D eigenvalue weighted by molar-refractivity contribution is 6.02. The van der Waals surface area contributed by atoms with E-state index in [4.69, 9.17) is 5.73 Å². The van der Waals surface area contributed by atoms with Gasteiger partial charge in [0.1, 0.15) is 12.1 Å². The molecular weight excluding hydrogens is 386 g/mol. The number of nitrogens with one attached hydrogen (secondary N) is 2. The van der Waals surface area contributed by atoms with Gasteiger partial charge in [-0.2, -0.15) is 8.78 Å². The highest BCUT2D eigenvalue weighted by Gasteiger charge is 2.52. The van der Waals surface area contributed by atoms with Crippen molar-refractivity contribution in [2.24, 2.45) is 5.73 Å². The summed E-state index contributed by atoms with van der Waals surface area (Å²) >= 11 is 0. The number of alkyl halides is 2. The number of halogens is 2. The Bertz CT molecular complexity index is 969. The maximum atomic E-state index is 13.0. The van der Waals surface area contributed by atoms with Crippen LogP contribution in [-0.2, 0) is 10.3 Å². The molecule has 0 saturated carbocycles. The van der Waals surface area contributed by atoms with Crippen LogP contribution < -0.4 is 20.8 Å². The molecule has 0 bridgehead atoms. The molecule has 0 saturated heterocycles. The number of aromatic nitrogens is 2. The fourth-order valence-corrected chi connectivity index (χ4v) is 3.04. The Balaban J connectivity index is 1.95. The minimum absolute atomic E-state index is 0.0138. The number of nitrogens with two attached hydrogens (primary N) is 1. The van der Waals surface area contributed by atoms with Crippen molar-refractivity contribution in [3.8, 4) is 5.75 Å². The number of guanidine groups is 1. The van der Waals surface area contributed by atoms with E-state index in [0.29, 0.717) is 11.1 Å². The quantitative estimate of drug-likeness (QED) is 0.559. The lowest BCUT2D eigenvalue weighted by Gasteiger charge is -2.24. The number of carbonyl (C=O) groups is 2. The van der Waals surface area contributed by atoms with E-state index in [-0.39, 0.29) is 23.8 Å². The summed E-state index contributed by atoms with van der Waals surface area (Å²) < 4.78 is 29.5. The van der Waals surface area contributed by atoms with Crippen LogP contribution >= 0.6 is 0 Å². The number of rotatable bonds is 6. The minimum Gasteiger partial charge on any atom is -0.435 e. The molecule has 1 aromatic heterocycles. The van der Waals surface area contributed by atoms with E-state index < -0.39 is 24.0 Å². The Hall–Kier alpha value is -3.63. The van der Waals surface area contributed by atoms with Gasteiger partial charge >= 0.3 is 18.5 Å². The van der Waals surface area contributed by atoms with Crippen molar-refractivity contribution in [1.29, 1.82) is 0 Å². The van der Waals surface area contributed by atoms with Crippen LogP contribution in [0.5, 0.6) is 5.75 Å². The number of nitrogens with zero attached hydrogens (tertiary/aromatic N) is 3. The first-order valence-electron chi connectivity index (χ1n) is 8.52. The third kappa shape index (κ3) is 3.84. The number of likely N-dealkylation sites (N-methyl/N-ethyl adjacent to an activating group) is 1. The predicted molar refractivity (Wildman–Crippen MR) is 96.8 cm³/mol. The smallest absolute Gasteiger partial charge is 0.387 e. The zero-order chi connectivity index (χ0) is 21.2. The molecule has 11 heteroatoms. The summed E-state index contributed by atoms with van der Waals surface area (Å²) in [5.41, 5.74) is 5.51. The van der Waals surface area contributed by atoms with Crippen LogP contribution in [-0.4, -0.2) is 52.8 Å². The summed E-state index contributed by atoms with van der Waals surface area (Å²) in [6.45, 7) is -1.55. The van der Waals surface area contributed by atoms with E-state index in [0.717, 1.165) is 0 Å². The van der Waals surface area contributed by atoms with Crippen molar-refractivity contribution in [3.63, 3.8) is 0 Å². The monoisotopic (exact) mass is 405 g/mol. The normalized spacial score (nSPS) is 18.7. The number of benzene rings is 1. The predicted octanol–water partition coefficient (Wildman–Crippen LogP) is -1.12. The molecule has 1 unspecified atom stereocenters. The van der Waals surface area contributed by atoms with Crippen molar-refractivity contribution in [2.45, 2.75) is 19.1 Å². The molecule has 2 amide bonds. The first-order valence-corrected chi connectivity index (χ1v) is 8.52. The Morgan fingerprint density at radius 2 is 2.07 bits per heavy atom. The van der Waals surface area contributed by atoms with Gasteiger partial charge in [-0.1, -0.05) is 6.07 Å². The Kier molecular flexibility index (Phi) is 5.39. The number of ether oxygens (including phenoxy) is 1.